The molecule has 5 heteroatoms. The Balaban J connectivity index is 2.14. The first-order valence-electron chi connectivity index (χ1n) is 6.74. The van der Waals surface area contributed by atoms with Gasteiger partial charge in [0.05, 0.1) is 6.61 Å². The van der Waals surface area contributed by atoms with E-state index < -0.39 is 0 Å². The van der Waals surface area contributed by atoms with Gasteiger partial charge in [-0.3, -0.25) is 0 Å². The summed E-state index contributed by atoms with van der Waals surface area (Å²) in [5, 5.41) is 0. The summed E-state index contributed by atoms with van der Waals surface area (Å²) in [4.78, 5) is 10.6. The van der Waals surface area contributed by atoms with E-state index in [0.717, 1.165) is 31.2 Å². The zero-order valence-electron chi connectivity index (χ0n) is 11.2. The van der Waals surface area contributed by atoms with E-state index in [4.69, 9.17) is 10.5 Å². The van der Waals surface area contributed by atoms with Gasteiger partial charge < -0.3 is 15.4 Å². The molecule has 1 aliphatic carbocycles. The summed E-state index contributed by atoms with van der Waals surface area (Å²) in [5.74, 6) is 2.13. The standard InChI is InChI=1S/C13H22N4O/c1-3-7-18-13-11(14)12(15-9-16-13)17(4-2)8-10-5-6-10/h9-10H,3-8,14H2,1-2H3. The Labute approximate surface area is 108 Å². The third-order valence-corrected chi connectivity index (χ3v) is 3.13. The Morgan fingerprint density at radius 3 is 2.78 bits per heavy atom. The van der Waals surface area contributed by atoms with E-state index in [-0.39, 0.29) is 0 Å². The molecule has 1 fully saturated rings. The molecule has 0 aliphatic heterocycles. The molecule has 1 aromatic heterocycles. The summed E-state index contributed by atoms with van der Waals surface area (Å²) in [6, 6.07) is 0. The first-order chi connectivity index (χ1) is 8.76. The Bertz CT molecular complexity index is 393. The fourth-order valence-corrected chi connectivity index (χ4v) is 1.91. The van der Waals surface area contributed by atoms with Crippen LogP contribution in [-0.4, -0.2) is 29.7 Å². The molecule has 2 N–H and O–H groups in total. The van der Waals surface area contributed by atoms with Crippen LogP contribution in [0.1, 0.15) is 33.1 Å². The normalized spacial score (nSPS) is 14.6. The van der Waals surface area contributed by atoms with Gasteiger partial charge in [0.25, 0.3) is 0 Å². The molecular formula is C13H22N4O. The monoisotopic (exact) mass is 250 g/mol. The predicted molar refractivity (Wildman–Crippen MR) is 72.8 cm³/mol. The highest BCUT2D eigenvalue weighted by Gasteiger charge is 2.25. The van der Waals surface area contributed by atoms with Crippen LogP contribution >= 0.6 is 0 Å². The third kappa shape index (κ3) is 3.03. The van der Waals surface area contributed by atoms with Gasteiger partial charge in [0, 0.05) is 13.1 Å². The lowest BCUT2D eigenvalue weighted by Gasteiger charge is -2.23. The molecule has 0 spiro atoms. The van der Waals surface area contributed by atoms with Crippen molar-refractivity contribution in [2.24, 2.45) is 5.92 Å². The van der Waals surface area contributed by atoms with Crippen LogP contribution in [0.2, 0.25) is 0 Å². The first kappa shape index (κ1) is 12.9. The summed E-state index contributed by atoms with van der Waals surface area (Å²) in [5.41, 5.74) is 6.67. The number of rotatable bonds is 7. The van der Waals surface area contributed by atoms with Gasteiger partial charge in [-0.15, -0.1) is 0 Å². The highest BCUT2D eigenvalue weighted by molar-refractivity contribution is 5.67. The molecule has 0 amide bonds. The van der Waals surface area contributed by atoms with Crippen molar-refractivity contribution in [2.45, 2.75) is 33.1 Å². The molecule has 0 aromatic carbocycles. The van der Waals surface area contributed by atoms with Gasteiger partial charge >= 0.3 is 0 Å². The van der Waals surface area contributed by atoms with Gasteiger partial charge in [0.15, 0.2) is 5.82 Å². The number of hydrogen-bond donors (Lipinski definition) is 1. The number of nitrogens with two attached hydrogens (primary N) is 1. The van der Waals surface area contributed by atoms with E-state index in [2.05, 4.69) is 28.7 Å². The minimum Gasteiger partial charge on any atom is -0.476 e. The van der Waals surface area contributed by atoms with Crippen molar-refractivity contribution in [3.8, 4) is 5.88 Å². The van der Waals surface area contributed by atoms with E-state index in [1.807, 2.05) is 0 Å². The molecule has 5 nitrogen and oxygen atoms in total. The summed E-state index contributed by atoms with van der Waals surface area (Å²) in [6.45, 7) is 6.76. The van der Waals surface area contributed by atoms with Crippen LogP contribution in [0.15, 0.2) is 6.33 Å². The fourth-order valence-electron chi connectivity index (χ4n) is 1.91. The van der Waals surface area contributed by atoms with E-state index in [0.29, 0.717) is 18.2 Å². The number of aromatic nitrogens is 2. The average molecular weight is 250 g/mol. The maximum atomic E-state index is 6.11. The van der Waals surface area contributed by atoms with E-state index in [9.17, 15) is 0 Å². The lowest BCUT2D eigenvalue weighted by Crippen LogP contribution is -2.27. The van der Waals surface area contributed by atoms with Gasteiger partial charge in [0.2, 0.25) is 5.88 Å². The molecule has 0 saturated heterocycles. The largest absolute Gasteiger partial charge is 0.476 e. The number of anilines is 2. The maximum absolute atomic E-state index is 6.11. The molecule has 1 saturated carbocycles. The van der Waals surface area contributed by atoms with E-state index in [1.165, 1.54) is 19.2 Å². The van der Waals surface area contributed by atoms with Crippen molar-refractivity contribution in [2.75, 3.05) is 30.3 Å². The molecular weight excluding hydrogens is 228 g/mol. The summed E-state index contributed by atoms with van der Waals surface area (Å²) in [7, 11) is 0. The molecule has 0 unspecified atom stereocenters. The number of nitrogen functional groups attached to an aromatic ring is 1. The Morgan fingerprint density at radius 1 is 1.39 bits per heavy atom. The molecule has 0 atom stereocenters. The third-order valence-electron chi connectivity index (χ3n) is 3.13. The van der Waals surface area contributed by atoms with Gasteiger partial charge in [-0.2, -0.15) is 4.98 Å². The Hall–Kier alpha value is -1.52. The zero-order valence-corrected chi connectivity index (χ0v) is 11.2. The van der Waals surface area contributed by atoms with Gasteiger partial charge in [-0.1, -0.05) is 6.92 Å². The molecule has 18 heavy (non-hydrogen) atoms. The lowest BCUT2D eigenvalue weighted by atomic mass is 10.3. The molecule has 0 radical (unpaired) electrons. The highest BCUT2D eigenvalue weighted by atomic mass is 16.5. The maximum Gasteiger partial charge on any atom is 0.242 e. The van der Waals surface area contributed by atoms with Crippen molar-refractivity contribution in [3.63, 3.8) is 0 Å². The topological polar surface area (TPSA) is 64.3 Å². The number of nitrogens with zero attached hydrogens (tertiary/aromatic N) is 3. The minimum absolute atomic E-state index is 0.510. The average Bonchev–Trinajstić information content (AvgIpc) is 3.19. The number of ether oxygens (including phenoxy) is 1. The van der Waals surface area contributed by atoms with Gasteiger partial charge in [-0.25, -0.2) is 4.98 Å². The molecule has 1 heterocycles. The molecule has 100 valence electrons. The number of hydrogen-bond acceptors (Lipinski definition) is 5. The van der Waals surface area contributed by atoms with Crippen LogP contribution in [0, 0.1) is 5.92 Å². The second kappa shape index (κ2) is 5.89. The SMILES string of the molecule is CCCOc1ncnc(N(CC)CC2CC2)c1N. The van der Waals surface area contributed by atoms with Crippen LogP contribution in [0.3, 0.4) is 0 Å². The predicted octanol–water partition coefficient (Wildman–Crippen LogP) is 2.08. The smallest absolute Gasteiger partial charge is 0.242 e. The zero-order chi connectivity index (χ0) is 13.0. The first-order valence-corrected chi connectivity index (χ1v) is 6.74. The molecule has 1 aromatic rings. The summed E-state index contributed by atoms with van der Waals surface area (Å²) < 4.78 is 5.54. The molecule has 0 bridgehead atoms. The van der Waals surface area contributed by atoms with Crippen molar-refractivity contribution in [1.29, 1.82) is 0 Å². The fraction of sp³-hybridized carbons (Fsp3) is 0.692. The van der Waals surface area contributed by atoms with Crippen molar-refractivity contribution < 1.29 is 4.74 Å². The van der Waals surface area contributed by atoms with Crippen LogP contribution in [0.5, 0.6) is 5.88 Å². The van der Waals surface area contributed by atoms with Crippen LogP contribution in [-0.2, 0) is 0 Å². The van der Waals surface area contributed by atoms with Gasteiger partial charge in [0.1, 0.15) is 12.0 Å². The lowest BCUT2D eigenvalue weighted by molar-refractivity contribution is 0.306. The molecule has 1 aliphatic rings. The quantitative estimate of drug-likeness (QED) is 0.802. The van der Waals surface area contributed by atoms with Crippen molar-refractivity contribution in [1.82, 2.24) is 9.97 Å². The van der Waals surface area contributed by atoms with Crippen molar-refractivity contribution >= 4 is 11.5 Å². The summed E-state index contributed by atoms with van der Waals surface area (Å²) in [6.07, 6.45) is 5.12. The molecule has 2 rings (SSSR count). The second-order valence-electron chi connectivity index (χ2n) is 4.75. The van der Waals surface area contributed by atoms with Crippen LogP contribution in [0.25, 0.3) is 0 Å². The summed E-state index contributed by atoms with van der Waals surface area (Å²) >= 11 is 0. The van der Waals surface area contributed by atoms with Crippen LogP contribution in [0.4, 0.5) is 11.5 Å². The van der Waals surface area contributed by atoms with E-state index in [1.54, 1.807) is 0 Å². The van der Waals surface area contributed by atoms with E-state index >= 15 is 0 Å². The van der Waals surface area contributed by atoms with Crippen LogP contribution < -0.4 is 15.4 Å². The minimum atomic E-state index is 0.510. The van der Waals surface area contributed by atoms with Gasteiger partial charge in [-0.05, 0) is 32.1 Å². The van der Waals surface area contributed by atoms with Crippen molar-refractivity contribution in [3.05, 3.63) is 6.33 Å². The highest BCUT2D eigenvalue weighted by Crippen LogP contribution is 2.34. The Morgan fingerprint density at radius 2 is 2.17 bits per heavy atom. The second-order valence-corrected chi connectivity index (χ2v) is 4.75. The Kier molecular flexibility index (Phi) is 4.23.